The minimum atomic E-state index is -0.316. The highest BCUT2D eigenvalue weighted by molar-refractivity contribution is 9.10. The first kappa shape index (κ1) is 17.0. The van der Waals surface area contributed by atoms with Gasteiger partial charge < -0.3 is 10.2 Å². The van der Waals surface area contributed by atoms with Gasteiger partial charge in [0, 0.05) is 24.1 Å². The van der Waals surface area contributed by atoms with Gasteiger partial charge >= 0.3 is 0 Å². The van der Waals surface area contributed by atoms with Crippen molar-refractivity contribution in [2.45, 2.75) is 0 Å². The molecule has 0 unspecified atom stereocenters. The zero-order chi connectivity index (χ0) is 16.8. The number of amides is 2. The largest absolute Gasteiger partial charge is 0.344 e. The fourth-order valence-electron chi connectivity index (χ4n) is 1.90. The Morgan fingerprint density at radius 3 is 2.17 bits per heavy atom. The molecule has 2 amide bonds. The van der Waals surface area contributed by atoms with Gasteiger partial charge in [-0.3, -0.25) is 9.59 Å². The Labute approximate surface area is 143 Å². The van der Waals surface area contributed by atoms with E-state index >= 15 is 0 Å². The van der Waals surface area contributed by atoms with Gasteiger partial charge in [-0.05, 0) is 35.9 Å². The van der Waals surface area contributed by atoms with Crippen molar-refractivity contribution >= 4 is 33.8 Å². The highest BCUT2D eigenvalue weighted by Crippen LogP contribution is 2.13. The summed E-state index contributed by atoms with van der Waals surface area (Å²) in [5.74, 6) is -0.582. The predicted molar refractivity (Wildman–Crippen MR) is 94.7 cm³/mol. The zero-order valence-electron chi connectivity index (χ0n) is 12.9. The zero-order valence-corrected chi connectivity index (χ0v) is 14.5. The summed E-state index contributed by atoms with van der Waals surface area (Å²) in [7, 11) is 3.29. The molecule has 2 rings (SSSR count). The van der Waals surface area contributed by atoms with Crippen molar-refractivity contribution in [2.75, 3.05) is 14.1 Å². The highest BCUT2D eigenvalue weighted by Gasteiger charge is 2.16. The van der Waals surface area contributed by atoms with E-state index in [0.29, 0.717) is 5.56 Å². The lowest BCUT2D eigenvalue weighted by atomic mass is 10.1. The van der Waals surface area contributed by atoms with Crippen LogP contribution < -0.4 is 5.32 Å². The number of rotatable bonds is 4. The molecule has 0 heterocycles. The van der Waals surface area contributed by atoms with Gasteiger partial charge in [0.05, 0.1) is 0 Å². The number of benzene rings is 2. The van der Waals surface area contributed by atoms with Crippen LogP contribution in [0.1, 0.15) is 15.9 Å². The van der Waals surface area contributed by atoms with Crippen LogP contribution >= 0.6 is 15.9 Å². The number of nitrogens with zero attached hydrogens (tertiary/aromatic N) is 1. The molecule has 0 aliphatic heterocycles. The smallest absolute Gasteiger partial charge is 0.269 e. The maximum atomic E-state index is 12.3. The number of halogens is 1. The molecule has 0 spiro atoms. The molecule has 5 heteroatoms. The number of nitrogens with one attached hydrogen (secondary N) is 1. The SMILES string of the molecule is CN(C)C(=O)/C(=C/c1ccc(Br)cc1)NC(=O)c1ccccc1. The lowest BCUT2D eigenvalue weighted by Crippen LogP contribution is -2.34. The third kappa shape index (κ3) is 4.79. The number of hydrogen-bond donors (Lipinski definition) is 1. The van der Waals surface area contributed by atoms with E-state index in [2.05, 4.69) is 21.2 Å². The van der Waals surface area contributed by atoms with Crippen LogP contribution in [0.4, 0.5) is 0 Å². The molecule has 0 saturated carbocycles. The molecule has 2 aromatic rings. The van der Waals surface area contributed by atoms with Crippen molar-refractivity contribution in [3.05, 3.63) is 75.9 Å². The molecular formula is C18H17BrN2O2. The summed E-state index contributed by atoms with van der Waals surface area (Å²) in [6.45, 7) is 0. The van der Waals surface area contributed by atoms with Gasteiger partial charge in [0.25, 0.3) is 11.8 Å². The van der Waals surface area contributed by atoms with E-state index in [4.69, 9.17) is 0 Å². The van der Waals surface area contributed by atoms with Crippen molar-refractivity contribution in [3.63, 3.8) is 0 Å². The Kier molecular flexibility index (Phi) is 5.71. The number of carbonyl (C=O) groups excluding carboxylic acids is 2. The Bertz CT molecular complexity index is 722. The summed E-state index contributed by atoms with van der Waals surface area (Å²) in [4.78, 5) is 26.0. The molecule has 23 heavy (non-hydrogen) atoms. The molecule has 0 atom stereocenters. The Balaban J connectivity index is 2.29. The Morgan fingerprint density at radius 1 is 1.00 bits per heavy atom. The van der Waals surface area contributed by atoms with Crippen LogP contribution in [0, 0.1) is 0 Å². The molecule has 0 fully saturated rings. The van der Waals surface area contributed by atoms with E-state index in [1.807, 2.05) is 30.3 Å². The van der Waals surface area contributed by atoms with Crippen LogP contribution in [0.5, 0.6) is 0 Å². The first-order chi connectivity index (χ1) is 11.0. The fraction of sp³-hybridized carbons (Fsp3) is 0.111. The highest BCUT2D eigenvalue weighted by atomic mass is 79.9. The van der Waals surface area contributed by atoms with Crippen molar-refractivity contribution < 1.29 is 9.59 Å². The second kappa shape index (κ2) is 7.74. The summed E-state index contributed by atoms with van der Waals surface area (Å²) < 4.78 is 0.948. The van der Waals surface area contributed by atoms with E-state index in [-0.39, 0.29) is 17.5 Å². The monoisotopic (exact) mass is 372 g/mol. The van der Waals surface area contributed by atoms with Crippen LogP contribution in [0.2, 0.25) is 0 Å². The van der Waals surface area contributed by atoms with Crippen LogP contribution in [-0.4, -0.2) is 30.8 Å². The fourth-order valence-corrected chi connectivity index (χ4v) is 2.17. The van der Waals surface area contributed by atoms with Gasteiger partial charge in [-0.2, -0.15) is 0 Å². The molecule has 4 nitrogen and oxygen atoms in total. The normalized spacial score (nSPS) is 11.0. The molecule has 118 valence electrons. The van der Waals surface area contributed by atoms with E-state index in [0.717, 1.165) is 10.0 Å². The molecule has 0 saturated heterocycles. The summed E-state index contributed by atoms with van der Waals surface area (Å²) in [5, 5.41) is 2.70. The number of likely N-dealkylation sites (N-methyl/N-ethyl adjacent to an activating group) is 1. The Morgan fingerprint density at radius 2 is 1.61 bits per heavy atom. The lowest BCUT2D eigenvalue weighted by Gasteiger charge is -2.15. The number of carbonyl (C=O) groups is 2. The van der Waals surface area contributed by atoms with Gasteiger partial charge in [0.15, 0.2) is 0 Å². The molecule has 0 aromatic heterocycles. The molecule has 0 aliphatic rings. The summed E-state index contributed by atoms with van der Waals surface area (Å²) in [5.41, 5.74) is 1.55. The maximum absolute atomic E-state index is 12.3. The minimum Gasteiger partial charge on any atom is -0.344 e. The van der Waals surface area contributed by atoms with Crippen LogP contribution in [0.15, 0.2) is 64.8 Å². The first-order valence-corrected chi connectivity index (χ1v) is 7.82. The molecule has 0 aliphatic carbocycles. The first-order valence-electron chi connectivity index (χ1n) is 7.02. The third-order valence-electron chi connectivity index (χ3n) is 3.10. The van der Waals surface area contributed by atoms with Gasteiger partial charge in [-0.25, -0.2) is 0 Å². The molecule has 0 bridgehead atoms. The van der Waals surface area contributed by atoms with Crippen LogP contribution in [0.25, 0.3) is 6.08 Å². The maximum Gasteiger partial charge on any atom is 0.269 e. The second-order valence-corrected chi connectivity index (χ2v) is 6.04. The number of hydrogen-bond acceptors (Lipinski definition) is 2. The van der Waals surface area contributed by atoms with E-state index in [1.165, 1.54) is 4.90 Å². The topological polar surface area (TPSA) is 49.4 Å². The van der Waals surface area contributed by atoms with E-state index in [1.54, 1.807) is 44.4 Å². The average Bonchev–Trinajstić information content (AvgIpc) is 2.56. The standard InChI is InChI=1S/C18H17BrN2O2/c1-21(2)18(23)16(12-13-8-10-15(19)11-9-13)20-17(22)14-6-4-3-5-7-14/h3-12H,1-2H3,(H,20,22)/b16-12-. The average molecular weight is 373 g/mol. The molecule has 2 aromatic carbocycles. The van der Waals surface area contributed by atoms with Crippen molar-refractivity contribution in [1.29, 1.82) is 0 Å². The third-order valence-corrected chi connectivity index (χ3v) is 3.63. The van der Waals surface area contributed by atoms with Gasteiger partial charge in [-0.15, -0.1) is 0 Å². The summed E-state index contributed by atoms with van der Waals surface area (Å²) in [6, 6.07) is 16.3. The lowest BCUT2D eigenvalue weighted by molar-refractivity contribution is -0.124. The van der Waals surface area contributed by atoms with E-state index < -0.39 is 0 Å². The predicted octanol–water partition coefficient (Wildman–Crippen LogP) is 3.31. The van der Waals surface area contributed by atoms with E-state index in [9.17, 15) is 9.59 Å². The quantitative estimate of drug-likeness (QED) is 0.836. The van der Waals surface area contributed by atoms with Crippen molar-refractivity contribution in [3.8, 4) is 0 Å². The second-order valence-electron chi connectivity index (χ2n) is 5.13. The van der Waals surface area contributed by atoms with Crippen molar-refractivity contribution in [2.24, 2.45) is 0 Å². The van der Waals surface area contributed by atoms with Gasteiger partial charge in [0.1, 0.15) is 5.70 Å². The van der Waals surface area contributed by atoms with Crippen molar-refractivity contribution in [1.82, 2.24) is 10.2 Å². The van der Waals surface area contributed by atoms with Crippen LogP contribution in [-0.2, 0) is 4.79 Å². The summed E-state index contributed by atoms with van der Waals surface area (Å²) in [6.07, 6.45) is 1.66. The molecule has 0 radical (unpaired) electrons. The molecular weight excluding hydrogens is 356 g/mol. The van der Waals surface area contributed by atoms with Crippen LogP contribution in [0.3, 0.4) is 0 Å². The Hall–Kier alpha value is -2.40. The molecule has 1 N–H and O–H groups in total. The van der Waals surface area contributed by atoms with Gasteiger partial charge in [0.2, 0.25) is 0 Å². The summed E-state index contributed by atoms with van der Waals surface area (Å²) >= 11 is 3.37. The van der Waals surface area contributed by atoms with Gasteiger partial charge in [-0.1, -0.05) is 46.3 Å². The minimum absolute atomic E-state index is 0.228.